The molecule has 1 aromatic carbocycles. The number of nitrogens with one attached hydrogen (secondary N) is 1. The third-order valence-electron chi connectivity index (χ3n) is 2.96. The maximum absolute atomic E-state index is 9.14. The van der Waals surface area contributed by atoms with Crippen molar-refractivity contribution in [3.8, 4) is 5.75 Å². The third kappa shape index (κ3) is 5.20. The van der Waals surface area contributed by atoms with Crippen LogP contribution >= 0.6 is 0 Å². The van der Waals surface area contributed by atoms with Gasteiger partial charge in [-0.1, -0.05) is 12.1 Å². The van der Waals surface area contributed by atoms with Gasteiger partial charge in [-0.3, -0.25) is 0 Å². The minimum absolute atomic E-state index is 0.322. The maximum Gasteiger partial charge on any atom is 0.115 e. The Balaban J connectivity index is 1.46. The number of phenolic OH excluding ortho intramolecular Hbond substituents is 1. The lowest BCUT2D eigenvalue weighted by Crippen LogP contribution is -2.16. The van der Waals surface area contributed by atoms with Crippen molar-refractivity contribution in [3.63, 3.8) is 0 Å². The Labute approximate surface area is 103 Å². The molecule has 1 aliphatic rings. The third-order valence-corrected chi connectivity index (χ3v) is 2.96. The van der Waals surface area contributed by atoms with Crippen LogP contribution in [0.15, 0.2) is 24.3 Å². The van der Waals surface area contributed by atoms with Crippen molar-refractivity contribution in [1.82, 2.24) is 5.32 Å². The molecule has 1 saturated carbocycles. The normalized spacial score (nSPS) is 15.1. The average Bonchev–Trinajstić information content (AvgIpc) is 3.14. The molecule has 1 aliphatic carbocycles. The number of rotatable bonds is 8. The fourth-order valence-electron chi connectivity index (χ4n) is 1.68. The Morgan fingerprint density at radius 3 is 2.71 bits per heavy atom. The van der Waals surface area contributed by atoms with Crippen molar-refractivity contribution in [2.75, 3.05) is 19.8 Å². The topological polar surface area (TPSA) is 41.5 Å². The molecule has 1 aromatic rings. The van der Waals surface area contributed by atoms with Gasteiger partial charge in [0.1, 0.15) is 5.75 Å². The van der Waals surface area contributed by atoms with Crippen LogP contribution in [-0.4, -0.2) is 24.9 Å². The van der Waals surface area contributed by atoms with Gasteiger partial charge in [-0.05, 0) is 49.4 Å². The standard InChI is InChI=1S/C14H21NO2/c16-14-6-4-12(5-7-14)10-15-8-1-9-17-11-13-2-3-13/h4-7,13,15-16H,1-3,8-11H2. The van der Waals surface area contributed by atoms with E-state index in [4.69, 9.17) is 9.84 Å². The molecule has 2 rings (SSSR count). The van der Waals surface area contributed by atoms with Gasteiger partial charge in [-0.25, -0.2) is 0 Å². The second-order valence-corrected chi connectivity index (χ2v) is 4.72. The highest BCUT2D eigenvalue weighted by Crippen LogP contribution is 2.28. The van der Waals surface area contributed by atoms with Crippen LogP contribution < -0.4 is 5.32 Å². The monoisotopic (exact) mass is 235 g/mol. The van der Waals surface area contributed by atoms with Crippen LogP contribution in [0.2, 0.25) is 0 Å². The first-order valence-electron chi connectivity index (χ1n) is 6.41. The molecule has 0 bridgehead atoms. The molecular weight excluding hydrogens is 214 g/mol. The second kappa shape index (κ2) is 6.62. The molecule has 0 aromatic heterocycles. The van der Waals surface area contributed by atoms with Crippen molar-refractivity contribution >= 4 is 0 Å². The molecule has 0 radical (unpaired) electrons. The van der Waals surface area contributed by atoms with Gasteiger partial charge in [0.25, 0.3) is 0 Å². The summed E-state index contributed by atoms with van der Waals surface area (Å²) in [7, 11) is 0. The highest BCUT2D eigenvalue weighted by Gasteiger charge is 2.20. The zero-order valence-corrected chi connectivity index (χ0v) is 10.2. The minimum Gasteiger partial charge on any atom is -0.508 e. The van der Waals surface area contributed by atoms with Crippen LogP contribution in [0.25, 0.3) is 0 Å². The first-order valence-corrected chi connectivity index (χ1v) is 6.41. The van der Waals surface area contributed by atoms with Crippen molar-refractivity contribution in [2.45, 2.75) is 25.8 Å². The zero-order valence-electron chi connectivity index (χ0n) is 10.2. The Morgan fingerprint density at radius 1 is 1.24 bits per heavy atom. The van der Waals surface area contributed by atoms with Gasteiger partial charge in [-0.15, -0.1) is 0 Å². The molecule has 3 heteroatoms. The number of hydrogen-bond acceptors (Lipinski definition) is 3. The summed E-state index contributed by atoms with van der Waals surface area (Å²) in [6, 6.07) is 7.31. The fourth-order valence-corrected chi connectivity index (χ4v) is 1.68. The minimum atomic E-state index is 0.322. The van der Waals surface area contributed by atoms with Gasteiger partial charge in [0.2, 0.25) is 0 Å². The van der Waals surface area contributed by atoms with Gasteiger partial charge in [0.05, 0.1) is 0 Å². The van der Waals surface area contributed by atoms with Crippen molar-refractivity contribution in [3.05, 3.63) is 29.8 Å². The van der Waals surface area contributed by atoms with Gasteiger partial charge in [0.15, 0.2) is 0 Å². The molecule has 2 N–H and O–H groups in total. The van der Waals surface area contributed by atoms with E-state index in [2.05, 4.69) is 5.32 Å². The van der Waals surface area contributed by atoms with Gasteiger partial charge in [-0.2, -0.15) is 0 Å². The SMILES string of the molecule is Oc1ccc(CNCCCOCC2CC2)cc1. The zero-order chi connectivity index (χ0) is 11.9. The molecule has 0 aliphatic heterocycles. The van der Waals surface area contributed by atoms with E-state index in [0.717, 1.165) is 38.6 Å². The second-order valence-electron chi connectivity index (χ2n) is 4.72. The lowest BCUT2D eigenvalue weighted by molar-refractivity contribution is 0.122. The Bertz CT molecular complexity index is 319. The summed E-state index contributed by atoms with van der Waals surface area (Å²) in [6.07, 6.45) is 3.78. The number of benzene rings is 1. The van der Waals surface area contributed by atoms with Crippen LogP contribution in [0.3, 0.4) is 0 Å². The molecular formula is C14H21NO2. The summed E-state index contributed by atoms with van der Waals surface area (Å²) < 4.78 is 5.55. The van der Waals surface area contributed by atoms with Crippen LogP contribution in [0.5, 0.6) is 5.75 Å². The fraction of sp³-hybridized carbons (Fsp3) is 0.571. The van der Waals surface area contributed by atoms with Crippen molar-refractivity contribution < 1.29 is 9.84 Å². The van der Waals surface area contributed by atoms with E-state index in [1.165, 1.54) is 18.4 Å². The van der Waals surface area contributed by atoms with E-state index in [1.807, 2.05) is 12.1 Å². The van der Waals surface area contributed by atoms with Crippen LogP contribution in [-0.2, 0) is 11.3 Å². The smallest absolute Gasteiger partial charge is 0.115 e. The number of hydrogen-bond donors (Lipinski definition) is 2. The predicted octanol–water partition coefficient (Wildman–Crippen LogP) is 2.30. The van der Waals surface area contributed by atoms with E-state index < -0.39 is 0 Å². The Hall–Kier alpha value is -1.06. The van der Waals surface area contributed by atoms with E-state index in [-0.39, 0.29) is 0 Å². The van der Waals surface area contributed by atoms with Gasteiger partial charge in [0, 0.05) is 19.8 Å². The van der Waals surface area contributed by atoms with Crippen LogP contribution in [0.1, 0.15) is 24.8 Å². The summed E-state index contributed by atoms with van der Waals surface area (Å²) >= 11 is 0. The summed E-state index contributed by atoms with van der Waals surface area (Å²) in [5.74, 6) is 1.18. The molecule has 17 heavy (non-hydrogen) atoms. The molecule has 0 saturated heterocycles. The molecule has 94 valence electrons. The number of phenols is 1. The molecule has 0 unspecified atom stereocenters. The lowest BCUT2D eigenvalue weighted by Gasteiger charge is -2.06. The molecule has 0 amide bonds. The summed E-state index contributed by atoms with van der Waals surface area (Å²) in [5.41, 5.74) is 1.20. The van der Waals surface area contributed by atoms with Gasteiger partial charge < -0.3 is 15.2 Å². The van der Waals surface area contributed by atoms with Crippen LogP contribution in [0, 0.1) is 5.92 Å². The highest BCUT2D eigenvalue weighted by atomic mass is 16.5. The summed E-state index contributed by atoms with van der Waals surface area (Å²) in [6.45, 7) is 3.64. The quantitative estimate of drug-likeness (QED) is 0.679. The molecule has 0 heterocycles. The van der Waals surface area contributed by atoms with Crippen molar-refractivity contribution in [1.29, 1.82) is 0 Å². The van der Waals surface area contributed by atoms with Gasteiger partial charge >= 0.3 is 0 Å². The highest BCUT2D eigenvalue weighted by molar-refractivity contribution is 5.25. The van der Waals surface area contributed by atoms with E-state index >= 15 is 0 Å². The first-order chi connectivity index (χ1) is 8.34. The number of aromatic hydroxyl groups is 1. The summed E-state index contributed by atoms with van der Waals surface area (Å²) in [4.78, 5) is 0. The lowest BCUT2D eigenvalue weighted by atomic mass is 10.2. The average molecular weight is 235 g/mol. The van der Waals surface area contributed by atoms with Crippen LogP contribution in [0.4, 0.5) is 0 Å². The Kier molecular flexibility index (Phi) is 4.83. The maximum atomic E-state index is 9.14. The van der Waals surface area contributed by atoms with Crippen molar-refractivity contribution in [2.24, 2.45) is 5.92 Å². The van der Waals surface area contributed by atoms with E-state index in [1.54, 1.807) is 12.1 Å². The summed E-state index contributed by atoms with van der Waals surface area (Å²) in [5, 5.41) is 12.5. The Morgan fingerprint density at radius 2 is 2.00 bits per heavy atom. The van der Waals surface area contributed by atoms with E-state index in [0.29, 0.717) is 5.75 Å². The molecule has 3 nitrogen and oxygen atoms in total. The number of ether oxygens (including phenoxy) is 1. The predicted molar refractivity (Wildman–Crippen MR) is 68.0 cm³/mol. The first kappa shape index (κ1) is 12.4. The molecule has 0 spiro atoms. The molecule has 0 atom stereocenters. The largest absolute Gasteiger partial charge is 0.508 e. The molecule has 1 fully saturated rings. The van der Waals surface area contributed by atoms with E-state index in [9.17, 15) is 0 Å².